The van der Waals surface area contributed by atoms with Gasteiger partial charge in [0.2, 0.25) is 5.91 Å². The second-order valence-corrected chi connectivity index (χ2v) is 6.27. The second kappa shape index (κ2) is 5.90. The number of hydrogen-bond donors (Lipinski definition) is 3. The largest absolute Gasteiger partial charge is 0.380 e. The van der Waals surface area contributed by atoms with Crippen molar-refractivity contribution in [3.8, 4) is 11.1 Å². The number of nitrogens with one attached hydrogen (secondary N) is 2. The summed E-state index contributed by atoms with van der Waals surface area (Å²) in [5.41, 5.74) is 3.49. The van der Waals surface area contributed by atoms with E-state index in [0.29, 0.717) is 11.3 Å². The first-order valence-corrected chi connectivity index (χ1v) is 8.06. The molecule has 0 saturated heterocycles. The molecule has 2 aromatic carbocycles. The summed E-state index contributed by atoms with van der Waals surface area (Å²) in [5.74, 6) is -0.0121. The Labute approximate surface area is 131 Å². The topological polar surface area (TPSA) is 78.4 Å². The third-order valence-electron chi connectivity index (χ3n) is 3.59. The molecule has 114 valence electrons. The van der Waals surface area contributed by atoms with E-state index in [0.717, 1.165) is 22.5 Å². The fourth-order valence-electron chi connectivity index (χ4n) is 2.58. The lowest BCUT2D eigenvalue weighted by Gasteiger charge is -2.16. The zero-order chi connectivity index (χ0) is 15.7. The van der Waals surface area contributed by atoms with Gasteiger partial charge in [-0.2, -0.15) is 0 Å². The number of anilines is 2. The molecule has 2 atom stereocenters. The van der Waals surface area contributed by atoms with Crippen molar-refractivity contribution in [3.63, 3.8) is 0 Å². The maximum atomic E-state index is 11.8. The normalized spacial score (nSPS) is 18.6. The van der Waals surface area contributed by atoms with E-state index in [2.05, 4.69) is 10.6 Å². The molecular weight excluding hydrogens is 300 g/mol. The van der Waals surface area contributed by atoms with Gasteiger partial charge in [-0.1, -0.05) is 24.3 Å². The van der Waals surface area contributed by atoms with Crippen molar-refractivity contribution in [1.29, 1.82) is 0 Å². The Bertz CT molecular complexity index is 744. The van der Waals surface area contributed by atoms with Gasteiger partial charge < -0.3 is 15.2 Å². The van der Waals surface area contributed by atoms with Gasteiger partial charge in [0.25, 0.3) is 0 Å². The highest BCUT2D eigenvalue weighted by Crippen LogP contribution is 2.36. The number of carbonyl (C=O) groups is 1. The number of para-hydroxylation sites is 1. The molecule has 0 saturated carbocycles. The first kappa shape index (κ1) is 14.7. The van der Waals surface area contributed by atoms with Crippen molar-refractivity contribution in [3.05, 3.63) is 42.5 Å². The molecular formula is C16H16N2O3S. The molecule has 1 amide bonds. The van der Waals surface area contributed by atoms with Crippen LogP contribution < -0.4 is 10.6 Å². The molecule has 1 aliphatic heterocycles. The maximum absolute atomic E-state index is 11.8. The van der Waals surface area contributed by atoms with Crippen molar-refractivity contribution in [2.75, 3.05) is 10.6 Å². The molecule has 0 aliphatic carbocycles. The SMILES string of the molecule is CC1CC(=O)Nc2cccc(-c3ccc(S(=O)O)cc3)c2N1. The smallest absolute Gasteiger partial charge is 0.226 e. The number of benzene rings is 2. The molecule has 2 aromatic rings. The number of amides is 1. The third kappa shape index (κ3) is 2.88. The Kier molecular flexibility index (Phi) is 3.96. The maximum Gasteiger partial charge on any atom is 0.226 e. The summed E-state index contributed by atoms with van der Waals surface area (Å²) in [6.07, 6.45) is 0.413. The summed E-state index contributed by atoms with van der Waals surface area (Å²) < 4.78 is 20.1. The van der Waals surface area contributed by atoms with Crippen LogP contribution >= 0.6 is 0 Å². The van der Waals surface area contributed by atoms with Crippen LogP contribution in [0.3, 0.4) is 0 Å². The van der Waals surface area contributed by atoms with E-state index < -0.39 is 11.1 Å². The summed E-state index contributed by atoms with van der Waals surface area (Å²) >= 11 is -1.98. The van der Waals surface area contributed by atoms with Gasteiger partial charge in [-0.3, -0.25) is 4.79 Å². The van der Waals surface area contributed by atoms with Crippen molar-refractivity contribution in [2.45, 2.75) is 24.3 Å². The van der Waals surface area contributed by atoms with E-state index in [1.165, 1.54) is 0 Å². The molecule has 3 rings (SSSR count). The Morgan fingerprint density at radius 2 is 1.91 bits per heavy atom. The van der Waals surface area contributed by atoms with Crippen molar-refractivity contribution in [2.24, 2.45) is 0 Å². The zero-order valence-corrected chi connectivity index (χ0v) is 12.8. The standard InChI is InChI=1S/C16H16N2O3S/c1-10-9-15(19)18-14-4-2-3-13(16(14)17-10)11-5-7-12(8-6-11)22(20)21/h2-8,10,17H,9H2,1H3,(H,18,19)(H,20,21). The molecule has 1 heterocycles. The molecule has 0 bridgehead atoms. The highest BCUT2D eigenvalue weighted by atomic mass is 32.2. The lowest BCUT2D eigenvalue weighted by Crippen LogP contribution is -2.19. The fraction of sp³-hybridized carbons (Fsp3) is 0.188. The molecule has 0 spiro atoms. The summed E-state index contributed by atoms with van der Waals surface area (Å²) in [4.78, 5) is 12.2. The number of rotatable bonds is 2. The van der Waals surface area contributed by atoms with Gasteiger partial charge >= 0.3 is 0 Å². The van der Waals surface area contributed by atoms with Crippen molar-refractivity contribution in [1.82, 2.24) is 0 Å². The fourth-order valence-corrected chi connectivity index (χ4v) is 2.95. The van der Waals surface area contributed by atoms with E-state index in [-0.39, 0.29) is 11.9 Å². The lowest BCUT2D eigenvalue weighted by molar-refractivity contribution is -0.116. The minimum atomic E-state index is -1.98. The quantitative estimate of drug-likeness (QED) is 0.744. The molecule has 22 heavy (non-hydrogen) atoms. The monoisotopic (exact) mass is 316 g/mol. The summed E-state index contributed by atoms with van der Waals surface area (Å²) in [7, 11) is 0. The highest BCUT2D eigenvalue weighted by molar-refractivity contribution is 7.79. The van der Waals surface area contributed by atoms with Gasteiger partial charge in [0.15, 0.2) is 11.1 Å². The average Bonchev–Trinajstić information content (AvgIpc) is 2.63. The minimum Gasteiger partial charge on any atom is -0.380 e. The van der Waals surface area contributed by atoms with Crippen molar-refractivity contribution >= 4 is 28.4 Å². The predicted octanol–water partition coefficient (Wildman–Crippen LogP) is 3.08. The van der Waals surface area contributed by atoms with E-state index in [4.69, 9.17) is 4.55 Å². The van der Waals surface area contributed by atoms with Gasteiger partial charge in [-0.05, 0) is 30.7 Å². The first-order valence-electron chi connectivity index (χ1n) is 6.95. The first-order chi connectivity index (χ1) is 10.5. The van der Waals surface area contributed by atoms with Gasteiger partial charge in [-0.25, -0.2) is 4.21 Å². The van der Waals surface area contributed by atoms with Gasteiger partial charge in [-0.15, -0.1) is 0 Å². The van der Waals surface area contributed by atoms with Crippen LogP contribution in [0.15, 0.2) is 47.4 Å². The second-order valence-electron chi connectivity index (χ2n) is 5.30. The summed E-state index contributed by atoms with van der Waals surface area (Å²) in [6, 6.07) is 12.6. The molecule has 0 radical (unpaired) electrons. The van der Waals surface area contributed by atoms with Crippen LogP contribution in [-0.2, 0) is 15.9 Å². The van der Waals surface area contributed by atoms with E-state index in [1.807, 2.05) is 25.1 Å². The highest BCUT2D eigenvalue weighted by Gasteiger charge is 2.20. The summed E-state index contributed by atoms with van der Waals surface area (Å²) in [6.45, 7) is 1.96. The molecule has 0 fully saturated rings. The molecule has 3 N–H and O–H groups in total. The van der Waals surface area contributed by atoms with Crippen molar-refractivity contribution < 1.29 is 13.6 Å². The lowest BCUT2D eigenvalue weighted by atomic mass is 10.0. The van der Waals surface area contributed by atoms with Crippen LogP contribution in [0.25, 0.3) is 11.1 Å². The van der Waals surface area contributed by atoms with Crippen LogP contribution in [0, 0.1) is 0 Å². The van der Waals surface area contributed by atoms with Crippen LogP contribution in [0.2, 0.25) is 0 Å². The molecule has 2 unspecified atom stereocenters. The minimum absolute atomic E-state index is 0.0121. The third-order valence-corrected chi connectivity index (χ3v) is 4.26. The van der Waals surface area contributed by atoms with Crippen LogP contribution in [0.1, 0.15) is 13.3 Å². The molecule has 1 aliphatic rings. The number of fused-ring (bicyclic) bond motifs is 1. The Hall–Kier alpha value is -2.18. The van der Waals surface area contributed by atoms with Gasteiger partial charge in [0, 0.05) is 18.0 Å². The van der Waals surface area contributed by atoms with E-state index in [1.54, 1.807) is 24.3 Å². The van der Waals surface area contributed by atoms with Gasteiger partial charge in [0.1, 0.15) is 0 Å². The Morgan fingerprint density at radius 3 is 2.59 bits per heavy atom. The zero-order valence-electron chi connectivity index (χ0n) is 12.0. The average molecular weight is 316 g/mol. The number of hydrogen-bond acceptors (Lipinski definition) is 3. The molecule has 0 aromatic heterocycles. The van der Waals surface area contributed by atoms with E-state index >= 15 is 0 Å². The van der Waals surface area contributed by atoms with Crippen LogP contribution in [0.4, 0.5) is 11.4 Å². The Morgan fingerprint density at radius 1 is 1.18 bits per heavy atom. The molecule has 6 heteroatoms. The van der Waals surface area contributed by atoms with Crippen LogP contribution in [-0.4, -0.2) is 20.7 Å². The number of carbonyl (C=O) groups excluding carboxylic acids is 1. The van der Waals surface area contributed by atoms with Crippen LogP contribution in [0.5, 0.6) is 0 Å². The van der Waals surface area contributed by atoms with Gasteiger partial charge in [0.05, 0.1) is 16.3 Å². The summed E-state index contributed by atoms with van der Waals surface area (Å²) in [5, 5.41) is 6.27. The van der Waals surface area contributed by atoms with E-state index in [9.17, 15) is 9.00 Å². The predicted molar refractivity (Wildman–Crippen MR) is 87.2 cm³/mol. The molecule has 5 nitrogen and oxygen atoms in total. The Balaban J connectivity index is 2.06.